The lowest BCUT2D eigenvalue weighted by atomic mass is 10.1. The molecule has 1 atom stereocenters. The van der Waals surface area contributed by atoms with Gasteiger partial charge in [0.25, 0.3) is 5.91 Å². The van der Waals surface area contributed by atoms with Gasteiger partial charge in [0.2, 0.25) is 0 Å². The average molecular weight is 416 g/mol. The Morgan fingerprint density at radius 2 is 1.70 bits per heavy atom. The number of halogens is 1. The lowest BCUT2D eigenvalue weighted by Crippen LogP contribution is -2.28. The second kappa shape index (κ2) is 8.56. The number of hydrogen-bond acceptors (Lipinski definition) is 2. The van der Waals surface area contributed by atoms with Gasteiger partial charge in [0.1, 0.15) is 5.69 Å². The molecule has 4 rings (SSSR count). The Bertz CT molecular complexity index is 1180. The number of carbonyl (C=O) groups is 1. The van der Waals surface area contributed by atoms with E-state index in [1.54, 1.807) is 10.7 Å². The predicted molar refractivity (Wildman–Crippen MR) is 121 cm³/mol. The van der Waals surface area contributed by atoms with Crippen LogP contribution in [0.25, 0.3) is 16.9 Å². The highest BCUT2D eigenvalue weighted by Gasteiger charge is 2.20. The highest BCUT2D eigenvalue weighted by molar-refractivity contribution is 6.33. The van der Waals surface area contributed by atoms with Crippen LogP contribution in [0.15, 0.2) is 84.9 Å². The van der Waals surface area contributed by atoms with E-state index in [-0.39, 0.29) is 11.9 Å². The van der Waals surface area contributed by atoms with Crippen molar-refractivity contribution in [1.82, 2.24) is 15.1 Å². The third kappa shape index (κ3) is 4.14. The third-order valence-corrected chi connectivity index (χ3v) is 5.31. The molecule has 150 valence electrons. The number of benzene rings is 3. The predicted octanol–water partition coefficient (Wildman–Crippen LogP) is 5.99. The molecule has 0 aliphatic carbocycles. The first kappa shape index (κ1) is 19.9. The monoisotopic (exact) mass is 415 g/mol. The Balaban J connectivity index is 1.75. The zero-order valence-electron chi connectivity index (χ0n) is 16.8. The van der Waals surface area contributed by atoms with Crippen LogP contribution < -0.4 is 5.32 Å². The summed E-state index contributed by atoms with van der Waals surface area (Å²) in [4.78, 5) is 13.2. The van der Waals surface area contributed by atoms with E-state index in [0.717, 1.165) is 22.4 Å². The number of hydrogen-bond donors (Lipinski definition) is 1. The Labute approximate surface area is 181 Å². The Kier molecular flexibility index (Phi) is 5.68. The fraction of sp³-hybridized carbons (Fsp3) is 0.120. The fourth-order valence-corrected chi connectivity index (χ4v) is 3.63. The summed E-state index contributed by atoms with van der Waals surface area (Å²) in [7, 11) is 0. The van der Waals surface area contributed by atoms with Crippen molar-refractivity contribution in [2.45, 2.75) is 19.9 Å². The molecule has 1 unspecified atom stereocenters. The number of nitrogens with zero attached hydrogens (tertiary/aromatic N) is 2. The van der Waals surface area contributed by atoms with Crippen LogP contribution in [-0.2, 0) is 0 Å². The average Bonchev–Trinajstić information content (AvgIpc) is 3.20. The maximum absolute atomic E-state index is 13.2. The Morgan fingerprint density at radius 1 is 0.967 bits per heavy atom. The van der Waals surface area contributed by atoms with Gasteiger partial charge >= 0.3 is 0 Å². The topological polar surface area (TPSA) is 46.9 Å². The summed E-state index contributed by atoms with van der Waals surface area (Å²) >= 11 is 6.39. The van der Waals surface area contributed by atoms with Crippen LogP contribution in [0.2, 0.25) is 5.02 Å². The molecule has 4 aromatic rings. The molecule has 0 saturated carbocycles. The summed E-state index contributed by atoms with van der Waals surface area (Å²) in [6.07, 6.45) is 0. The number of aromatic nitrogens is 2. The van der Waals surface area contributed by atoms with Gasteiger partial charge < -0.3 is 5.32 Å². The van der Waals surface area contributed by atoms with Crippen molar-refractivity contribution in [3.05, 3.63) is 107 Å². The molecule has 0 aliphatic rings. The van der Waals surface area contributed by atoms with Crippen molar-refractivity contribution >= 4 is 17.5 Å². The fourth-order valence-electron chi connectivity index (χ4n) is 3.40. The summed E-state index contributed by atoms with van der Waals surface area (Å²) in [5.74, 6) is -0.196. The van der Waals surface area contributed by atoms with Crippen LogP contribution in [0.5, 0.6) is 0 Å². The maximum atomic E-state index is 13.2. The molecule has 5 heteroatoms. The number of nitrogens with one attached hydrogen (secondary N) is 1. The van der Waals surface area contributed by atoms with E-state index in [4.69, 9.17) is 16.7 Å². The molecule has 4 nitrogen and oxygen atoms in total. The van der Waals surface area contributed by atoms with Crippen molar-refractivity contribution in [2.75, 3.05) is 0 Å². The van der Waals surface area contributed by atoms with Gasteiger partial charge in [-0.25, -0.2) is 4.68 Å². The summed E-state index contributed by atoms with van der Waals surface area (Å²) in [6.45, 7) is 3.98. The molecule has 1 N–H and O–H groups in total. The number of rotatable bonds is 5. The normalized spacial score (nSPS) is 11.8. The lowest BCUT2D eigenvalue weighted by Gasteiger charge is -2.15. The van der Waals surface area contributed by atoms with E-state index in [9.17, 15) is 4.79 Å². The quantitative estimate of drug-likeness (QED) is 0.435. The lowest BCUT2D eigenvalue weighted by molar-refractivity contribution is 0.0932. The summed E-state index contributed by atoms with van der Waals surface area (Å²) in [6, 6.07) is 26.9. The van der Waals surface area contributed by atoms with Gasteiger partial charge in [-0.05, 0) is 49.2 Å². The SMILES string of the molecule is Cc1cccc(-n2nc(-c3ccccc3Cl)cc2C(=O)NC(C)c2ccccc2)c1. The second-order valence-corrected chi connectivity index (χ2v) is 7.66. The zero-order valence-corrected chi connectivity index (χ0v) is 17.6. The number of aryl methyl sites for hydroxylation is 1. The third-order valence-electron chi connectivity index (χ3n) is 4.99. The van der Waals surface area contributed by atoms with Crippen LogP contribution in [-0.4, -0.2) is 15.7 Å². The standard InChI is InChI=1S/C25H22ClN3O/c1-17-9-8-12-20(15-17)29-24(16-23(28-29)21-13-6-7-14-22(21)26)25(30)27-18(2)19-10-4-3-5-11-19/h3-16,18H,1-2H3,(H,27,30). The first-order valence-electron chi connectivity index (χ1n) is 9.81. The van der Waals surface area contributed by atoms with Crippen LogP contribution in [0.1, 0.15) is 34.6 Å². The van der Waals surface area contributed by atoms with E-state index in [1.165, 1.54) is 0 Å². The van der Waals surface area contributed by atoms with Crippen molar-refractivity contribution in [2.24, 2.45) is 0 Å². The summed E-state index contributed by atoms with van der Waals surface area (Å²) in [5.41, 5.74) is 4.85. The Hall–Kier alpha value is -3.37. The van der Waals surface area contributed by atoms with Gasteiger partial charge in [-0.1, -0.05) is 72.3 Å². The molecule has 0 bridgehead atoms. The molecular formula is C25H22ClN3O. The minimum Gasteiger partial charge on any atom is -0.344 e. The molecule has 0 radical (unpaired) electrons. The molecule has 0 saturated heterocycles. The molecule has 1 aromatic heterocycles. The van der Waals surface area contributed by atoms with E-state index < -0.39 is 0 Å². The van der Waals surface area contributed by atoms with Gasteiger partial charge in [0, 0.05) is 5.56 Å². The van der Waals surface area contributed by atoms with Crippen LogP contribution in [0.3, 0.4) is 0 Å². The van der Waals surface area contributed by atoms with Crippen molar-refractivity contribution in [3.8, 4) is 16.9 Å². The highest BCUT2D eigenvalue weighted by atomic mass is 35.5. The van der Waals surface area contributed by atoms with Crippen molar-refractivity contribution in [3.63, 3.8) is 0 Å². The number of amides is 1. The van der Waals surface area contributed by atoms with Crippen LogP contribution >= 0.6 is 11.6 Å². The van der Waals surface area contributed by atoms with Gasteiger partial charge in [-0.2, -0.15) is 5.10 Å². The van der Waals surface area contributed by atoms with Gasteiger partial charge in [-0.15, -0.1) is 0 Å². The molecular weight excluding hydrogens is 394 g/mol. The molecule has 1 amide bonds. The summed E-state index contributed by atoms with van der Waals surface area (Å²) < 4.78 is 1.68. The molecule has 0 aliphatic heterocycles. The molecule has 0 spiro atoms. The smallest absolute Gasteiger partial charge is 0.270 e. The minimum absolute atomic E-state index is 0.136. The first-order chi connectivity index (χ1) is 14.5. The Morgan fingerprint density at radius 3 is 2.43 bits per heavy atom. The largest absolute Gasteiger partial charge is 0.344 e. The van der Waals surface area contributed by atoms with E-state index in [0.29, 0.717) is 16.4 Å². The van der Waals surface area contributed by atoms with Gasteiger partial charge in [-0.3, -0.25) is 4.79 Å². The van der Waals surface area contributed by atoms with E-state index in [1.807, 2.05) is 92.7 Å². The van der Waals surface area contributed by atoms with Crippen LogP contribution in [0, 0.1) is 6.92 Å². The molecule has 1 heterocycles. The van der Waals surface area contributed by atoms with Gasteiger partial charge in [0.05, 0.1) is 22.4 Å². The minimum atomic E-state index is -0.196. The van der Waals surface area contributed by atoms with Crippen LogP contribution in [0.4, 0.5) is 0 Å². The molecule has 30 heavy (non-hydrogen) atoms. The van der Waals surface area contributed by atoms with Crippen molar-refractivity contribution in [1.29, 1.82) is 0 Å². The maximum Gasteiger partial charge on any atom is 0.270 e. The molecule has 3 aromatic carbocycles. The van der Waals surface area contributed by atoms with E-state index in [2.05, 4.69) is 5.32 Å². The zero-order chi connectivity index (χ0) is 21.1. The highest BCUT2D eigenvalue weighted by Crippen LogP contribution is 2.28. The van der Waals surface area contributed by atoms with E-state index >= 15 is 0 Å². The second-order valence-electron chi connectivity index (χ2n) is 7.25. The summed E-state index contributed by atoms with van der Waals surface area (Å²) in [5, 5.41) is 8.40. The first-order valence-corrected chi connectivity index (χ1v) is 10.2. The molecule has 0 fully saturated rings. The van der Waals surface area contributed by atoms with Gasteiger partial charge in [0.15, 0.2) is 0 Å². The number of carbonyl (C=O) groups excluding carboxylic acids is 1. The van der Waals surface area contributed by atoms with Crippen molar-refractivity contribution < 1.29 is 4.79 Å².